The third-order valence-corrected chi connectivity index (χ3v) is 4.03. The number of carbonyl (C=O) groups is 1. The van der Waals surface area contributed by atoms with E-state index in [0.717, 1.165) is 13.0 Å². The van der Waals surface area contributed by atoms with Gasteiger partial charge in [0.1, 0.15) is 6.04 Å². The van der Waals surface area contributed by atoms with Gasteiger partial charge in [-0.25, -0.2) is 0 Å². The van der Waals surface area contributed by atoms with Crippen LogP contribution in [0.4, 0.5) is 0 Å². The Labute approximate surface area is 98.9 Å². The van der Waals surface area contributed by atoms with Gasteiger partial charge < -0.3 is 10.1 Å². The highest BCUT2D eigenvalue weighted by Crippen LogP contribution is 2.40. The standard InChI is InChI=1S/C13H25NO2/c1-4-11(12(15)16-3)14-10-13(5-2)8-6-7-9-13/h11,14H,4-10H2,1-3H3. The molecular weight excluding hydrogens is 202 g/mol. The fourth-order valence-electron chi connectivity index (χ4n) is 2.66. The molecule has 16 heavy (non-hydrogen) atoms. The number of nitrogens with one attached hydrogen (secondary N) is 1. The minimum atomic E-state index is -0.133. The molecule has 3 nitrogen and oxygen atoms in total. The van der Waals surface area contributed by atoms with Crippen LogP contribution < -0.4 is 5.32 Å². The summed E-state index contributed by atoms with van der Waals surface area (Å²) in [6, 6.07) is -0.131. The summed E-state index contributed by atoms with van der Waals surface area (Å²) in [6.45, 7) is 5.23. The first kappa shape index (κ1) is 13.5. The second-order valence-corrected chi connectivity index (χ2v) is 4.93. The zero-order valence-electron chi connectivity index (χ0n) is 10.8. The van der Waals surface area contributed by atoms with Crippen LogP contribution in [0.1, 0.15) is 52.4 Å². The quantitative estimate of drug-likeness (QED) is 0.709. The van der Waals surface area contributed by atoms with Crippen LogP contribution in [0.3, 0.4) is 0 Å². The lowest BCUT2D eigenvalue weighted by atomic mass is 9.83. The smallest absolute Gasteiger partial charge is 0.322 e. The molecule has 1 unspecified atom stereocenters. The van der Waals surface area contributed by atoms with Gasteiger partial charge in [0.2, 0.25) is 0 Å². The first-order chi connectivity index (χ1) is 7.67. The summed E-state index contributed by atoms with van der Waals surface area (Å²) in [7, 11) is 1.46. The largest absolute Gasteiger partial charge is 0.468 e. The number of carbonyl (C=O) groups excluding carboxylic acids is 1. The second kappa shape index (κ2) is 6.24. The predicted octanol–water partition coefficient (Wildman–Crippen LogP) is 2.50. The maximum atomic E-state index is 11.5. The Bertz CT molecular complexity index is 222. The molecular formula is C13H25NO2. The Morgan fingerprint density at radius 3 is 2.44 bits per heavy atom. The fourth-order valence-corrected chi connectivity index (χ4v) is 2.66. The Balaban J connectivity index is 2.44. The van der Waals surface area contributed by atoms with Crippen molar-refractivity contribution in [1.82, 2.24) is 5.32 Å². The molecule has 0 bridgehead atoms. The maximum Gasteiger partial charge on any atom is 0.322 e. The van der Waals surface area contributed by atoms with Crippen LogP contribution in [-0.4, -0.2) is 25.7 Å². The number of rotatable bonds is 6. The molecule has 1 atom stereocenters. The Hall–Kier alpha value is -0.570. The Morgan fingerprint density at radius 1 is 1.38 bits per heavy atom. The fraction of sp³-hybridized carbons (Fsp3) is 0.923. The lowest BCUT2D eigenvalue weighted by Gasteiger charge is -2.29. The normalized spacial score (nSPS) is 20.7. The Morgan fingerprint density at radius 2 is 2.00 bits per heavy atom. The van der Waals surface area contributed by atoms with Crippen molar-refractivity contribution >= 4 is 5.97 Å². The molecule has 1 saturated carbocycles. The van der Waals surface area contributed by atoms with E-state index in [1.165, 1.54) is 39.2 Å². The van der Waals surface area contributed by atoms with Gasteiger partial charge in [-0.15, -0.1) is 0 Å². The number of esters is 1. The lowest BCUT2D eigenvalue weighted by Crippen LogP contribution is -2.42. The molecule has 3 heteroatoms. The lowest BCUT2D eigenvalue weighted by molar-refractivity contribution is -0.143. The van der Waals surface area contributed by atoms with Crippen molar-refractivity contribution in [3.63, 3.8) is 0 Å². The topological polar surface area (TPSA) is 38.3 Å². The summed E-state index contributed by atoms with van der Waals surface area (Å²) in [6.07, 6.45) is 7.28. The van der Waals surface area contributed by atoms with E-state index in [4.69, 9.17) is 4.74 Å². The molecule has 1 aliphatic carbocycles. The average Bonchev–Trinajstić information content (AvgIpc) is 2.79. The van der Waals surface area contributed by atoms with Crippen molar-refractivity contribution in [2.45, 2.75) is 58.4 Å². The van der Waals surface area contributed by atoms with Crippen LogP contribution >= 0.6 is 0 Å². The number of ether oxygens (including phenoxy) is 1. The van der Waals surface area contributed by atoms with Crippen LogP contribution in [0.2, 0.25) is 0 Å². The van der Waals surface area contributed by atoms with Crippen molar-refractivity contribution < 1.29 is 9.53 Å². The monoisotopic (exact) mass is 227 g/mol. The summed E-state index contributed by atoms with van der Waals surface area (Å²) >= 11 is 0. The molecule has 1 fully saturated rings. The number of hydrogen-bond donors (Lipinski definition) is 1. The van der Waals surface area contributed by atoms with Gasteiger partial charge in [0, 0.05) is 6.54 Å². The molecule has 1 aliphatic rings. The molecule has 0 spiro atoms. The number of methoxy groups -OCH3 is 1. The van der Waals surface area contributed by atoms with Gasteiger partial charge in [-0.1, -0.05) is 26.7 Å². The van der Waals surface area contributed by atoms with Crippen LogP contribution in [0.15, 0.2) is 0 Å². The van der Waals surface area contributed by atoms with E-state index < -0.39 is 0 Å². The molecule has 0 aromatic carbocycles. The van der Waals surface area contributed by atoms with E-state index in [1.807, 2.05) is 6.92 Å². The molecule has 1 rings (SSSR count). The molecule has 0 radical (unpaired) electrons. The molecule has 94 valence electrons. The minimum absolute atomic E-state index is 0.131. The van der Waals surface area contributed by atoms with Crippen molar-refractivity contribution in [3.8, 4) is 0 Å². The van der Waals surface area contributed by atoms with Gasteiger partial charge in [0.25, 0.3) is 0 Å². The molecule has 0 saturated heterocycles. The molecule has 0 amide bonds. The highest BCUT2D eigenvalue weighted by Gasteiger charge is 2.32. The van der Waals surface area contributed by atoms with E-state index in [1.54, 1.807) is 0 Å². The van der Waals surface area contributed by atoms with E-state index in [0.29, 0.717) is 5.41 Å². The van der Waals surface area contributed by atoms with Crippen molar-refractivity contribution in [1.29, 1.82) is 0 Å². The maximum absolute atomic E-state index is 11.5. The zero-order valence-corrected chi connectivity index (χ0v) is 10.8. The van der Waals surface area contributed by atoms with Crippen LogP contribution in [0.25, 0.3) is 0 Å². The van der Waals surface area contributed by atoms with Crippen LogP contribution in [0.5, 0.6) is 0 Å². The van der Waals surface area contributed by atoms with Gasteiger partial charge in [-0.2, -0.15) is 0 Å². The van der Waals surface area contributed by atoms with E-state index in [9.17, 15) is 4.79 Å². The number of hydrogen-bond acceptors (Lipinski definition) is 3. The van der Waals surface area contributed by atoms with Crippen molar-refractivity contribution in [3.05, 3.63) is 0 Å². The highest BCUT2D eigenvalue weighted by molar-refractivity contribution is 5.75. The summed E-state index contributed by atoms with van der Waals surface area (Å²) in [4.78, 5) is 11.5. The second-order valence-electron chi connectivity index (χ2n) is 4.93. The van der Waals surface area contributed by atoms with Gasteiger partial charge in [0.15, 0.2) is 0 Å². The van der Waals surface area contributed by atoms with Gasteiger partial charge >= 0.3 is 5.97 Å². The third-order valence-electron chi connectivity index (χ3n) is 4.03. The molecule has 1 N–H and O–H groups in total. The SMILES string of the molecule is CCC(NCC1(CC)CCCC1)C(=O)OC. The predicted molar refractivity (Wildman–Crippen MR) is 65.3 cm³/mol. The van der Waals surface area contributed by atoms with Crippen LogP contribution in [-0.2, 0) is 9.53 Å². The first-order valence-corrected chi connectivity index (χ1v) is 6.48. The van der Waals surface area contributed by atoms with Crippen molar-refractivity contribution in [2.75, 3.05) is 13.7 Å². The summed E-state index contributed by atoms with van der Waals surface area (Å²) < 4.78 is 4.78. The summed E-state index contributed by atoms with van der Waals surface area (Å²) in [5.74, 6) is -0.133. The molecule has 0 aromatic rings. The first-order valence-electron chi connectivity index (χ1n) is 6.48. The van der Waals surface area contributed by atoms with Gasteiger partial charge in [0.05, 0.1) is 7.11 Å². The van der Waals surface area contributed by atoms with Crippen LogP contribution in [0, 0.1) is 5.41 Å². The summed E-state index contributed by atoms with van der Waals surface area (Å²) in [5.41, 5.74) is 0.432. The van der Waals surface area contributed by atoms with Gasteiger partial charge in [-0.3, -0.25) is 4.79 Å². The summed E-state index contributed by atoms with van der Waals surface area (Å²) in [5, 5.41) is 3.38. The van der Waals surface area contributed by atoms with E-state index in [2.05, 4.69) is 12.2 Å². The van der Waals surface area contributed by atoms with Crippen molar-refractivity contribution in [2.24, 2.45) is 5.41 Å². The third kappa shape index (κ3) is 3.21. The average molecular weight is 227 g/mol. The minimum Gasteiger partial charge on any atom is -0.468 e. The highest BCUT2D eigenvalue weighted by atomic mass is 16.5. The van der Waals surface area contributed by atoms with E-state index >= 15 is 0 Å². The van der Waals surface area contributed by atoms with E-state index in [-0.39, 0.29) is 12.0 Å². The Kier molecular flexibility index (Phi) is 5.26. The molecule has 0 aliphatic heterocycles. The molecule has 0 heterocycles. The van der Waals surface area contributed by atoms with Gasteiger partial charge in [-0.05, 0) is 31.1 Å². The zero-order chi connectivity index (χ0) is 12.0. The molecule has 0 aromatic heterocycles.